The maximum absolute atomic E-state index is 13.6. The molecular weight excluding hydrogens is 512 g/mol. The maximum atomic E-state index is 13.6. The first kappa shape index (κ1) is 30.7. The zero-order valence-corrected chi connectivity index (χ0v) is 26.1. The number of aliphatic hydroxyl groups is 1. The van der Waals surface area contributed by atoms with Crippen molar-refractivity contribution in [2.45, 2.75) is 133 Å². The summed E-state index contributed by atoms with van der Waals surface area (Å²) in [5.74, 6) is -0.515. The van der Waals surface area contributed by atoms with Gasteiger partial charge in [0.25, 0.3) is 11.8 Å². The minimum Gasteiger partial charge on any atom is -0.391 e. The number of hydrogen-bond donors (Lipinski definition) is 3. The highest BCUT2D eigenvalue weighted by Gasteiger charge is 2.61. The molecule has 4 aliphatic rings. The number of hydrogen-bond acceptors (Lipinski definition) is 7. The van der Waals surface area contributed by atoms with Crippen LogP contribution in [0.25, 0.3) is 0 Å². The third-order valence-electron chi connectivity index (χ3n) is 10.4. The molecule has 11 nitrogen and oxygen atoms in total. The van der Waals surface area contributed by atoms with Gasteiger partial charge in [-0.25, -0.2) is 9.59 Å². The van der Waals surface area contributed by atoms with Crippen molar-refractivity contribution >= 4 is 23.9 Å². The van der Waals surface area contributed by atoms with E-state index >= 15 is 0 Å². The normalized spacial score (nSPS) is 29.3. The molecule has 4 saturated heterocycles. The van der Waals surface area contributed by atoms with E-state index in [1.165, 1.54) is 4.90 Å². The van der Waals surface area contributed by atoms with Crippen LogP contribution in [0, 0.1) is 0 Å². The van der Waals surface area contributed by atoms with Gasteiger partial charge in [0.15, 0.2) is 0 Å². The zero-order chi connectivity index (χ0) is 30.3. The molecule has 3 N–H and O–H groups in total. The molecule has 0 aliphatic carbocycles. The van der Waals surface area contributed by atoms with E-state index in [1.807, 2.05) is 7.05 Å². The standard InChI is InChI=1S/C29H50N6O5/c1-24(2)15-28(16-25(3,4)32(24)9)20(37)34(22(39)30-28)13-11-12-19(36)14-35-21(38)29(31-23(35)40)17-26(5,6)33(10)27(7,8)18-29/h19,36H,11-18H2,1-10H3,(H,30,39)(H,31,40). The van der Waals surface area contributed by atoms with Gasteiger partial charge < -0.3 is 15.7 Å². The Kier molecular flexibility index (Phi) is 7.21. The molecule has 4 fully saturated rings. The summed E-state index contributed by atoms with van der Waals surface area (Å²) in [5, 5.41) is 16.8. The molecule has 0 radical (unpaired) electrons. The molecular formula is C29H50N6O5. The average Bonchev–Trinajstić information content (AvgIpc) is 3.13. The summed E-state index contributed by atoms with van der Waals surface area (Å²) in [5.41, 5.74) is -3.13. The van der Waals surface area contributed by atoms with Gasteiger partial charge in [0.1, 0.15) is 11.1 Å². The van der Waals surface area contributed by atoms with E-state index in [0.717, 1.165) is 4.90 Å². The molecule has 0 aromatic rings. The van der Waals surface area contributed by atoms with E-state index in [1.54, 1.807) is 0 Å². The third kappa shape index (κ3) is 4.91. The van der Waals surface area contributed by atoms with Crippen molar-refractivity contribution in [1.82, 2.24) is 30.2 Å². The van der Waals surface area contributed by atoms with Crippen LogP contribution >= 0.6 is 0 Å². The highest BCUT2D eigenvalue weighted by molar-refractivity contribution is 6.08. The second kappa shape index (κ2) is 9.39. The quantitative estimate of drug-likeness (QED) is 0.424. The Morgan fingerprint density at radius 2 is 1.02 bits per heavy atom. The van der Waals surface area contributed by atoms with Crippen molar-refractivity contribution < 1.29 is 24.3 Å². The summed E-state index contributed by atoms with van der Waals surface area (Å²) < 4.78 is 0. The Morgan fingerprint density at radius 3 is 1.43 bits per heavy atom. The molecule has 6 amide bonds. The number of amides is 6. The summed E-state index contributed by atoms with van der Waals surface area (Å²) in [6, 6.07) is -0.886. The lowest BCUT2D eigenvalue weighted by Gasteiger charge is -2.56. The van der Waals surface area contributed by atoms with E-state index in [4.69, 9.17) is 0 Å². The van der Waals surface area contributed by atoms with Gasteiger partial charge in [0.2, 0.25) is 0 Å². The van der Waals surface area contributed by atoms with E-state index in [0.29, 0.717) is 32.1 Å². The number of nitrogens with one attached hydrogen (secondary N) is 2. The molecule has 226 valence electrons. The third-order valence-corrected chi connectivity index (χ3v) is 10.4. The van der Waals surface area contributed by atoms with Crippen molar-refractivity contribution in [3.8, 4) is 0 Å². The highest BCUT2D eigenvalue weighted by atomic mass is 16.3. The highest BCUT2D eigenvalue weighted by Crippen LogP contribution is 2.46. The molecule has 4 rings (SSSR count). The number of likely N-dealkylation sites (tertiary alicyclic amines) is 2. The van der Waals surface area contributed by atoms with E-state index in [-0.39, 0.29) is 53.5 Å². The first-order valence-electron chi connectivity index (χ1n) is 14.5. The lowest BCUT2D eigenvalue weighted by molar-refractivity contribution is -0.140. The van der Waals surface area contributed by atoms with Gasteiger partial charge in [0, 0.05) is 28.7 Å². The van der Waals surface area contributed by atoms with Gasteiger partial charge in [0.05, 0.1) is 12.6 Å². The zero-order valence-electron chi connectivity index (χ0n) is 26.1. The Labute approximate surface area is 239 Å². The predicted octanol–water partition coefficient (Wildman–Crippen LogP) is 2.27. The molecule has 0 aromatic carbocycles. The Hall–Kier alpha value is -2.24. The fraction of sp³-hybridized carbons (Fsp3) is 0.862. The largest absolute Gasteiger partial charge is 0.391 e. The molecule has 11 heteroatoms. The molecule has 2 spiro atoms. The van der Waals surface area contributed by atoms with Gasteiger partial charge in [-0.15, -0.1) is 0 Å². The van der Waals surface area contributed by atoms with Gasteiger partial charge in [-0.2, -0.15) is 0 Å². The van der Waals surface area contributed by atoms with Gasteiger partial charge in [-0.1, -0.05) is 0 Å². The number of carbonyl (C=O) groups is 4. The second-order valence-corrected chi connectivity index (χ2v) is 15.3. The number of rotatable bonds is 6. The Morgan fingerprint density at radius 1 is 0.675 bits per heavy atom. The minimum absolute atomic E-state index is 0.123. The van der Waals surface area contributed by atoms with Crippen molar-refractivity contribution in [3.63, 3.8) is 0 Å². The number of nitrogens with zero attached hydrogens (tertiary/aromatic N) is 4. The lowest BCUT2D eigenvalue weighted by Crippen LogP contribution is -2.68. The number of urea groups is 2. The van der Waals surface area contributed by atoms with Crippen LogP contribution in [0.2, 0.25) is 0 Å². The summed E-state index contributed by atoms with van der Waals surface area (Å²) in [4.78, 5) is 59.9. The monoisotopic (exact) mass is 562 g/mol. The number of β-amino-alcohol motifs (C(OH)–C–C–N with tert-alkyl or cyclic N) is 1. The molecule has 4 heterocycles. The Balaban J connectivity index is 1.36. The smallest absolute Gasteiger partial charge is 0.325 e. The first-order chi connectivity index (χ1) is 18.1. The van der Waals surface area contributed by atoms with Crippen LogP contribution in [0.4, 0.5) is 9.59 Å². The summed E-state index contributed by atoms with van der Waals surface area (Å²) in [7, 11) is 4.09. The fourth-order valence-corrected chi connectivity index (χ4v) is 8.18. The summed E-state index contributed by atoms with van der Waals surface area (Å²) >= 11 is 0. The van der Waals surface area contributed by atoms with Crippen LogP contribution in [-0.2, 0) is 9.59 Å². The Bertz CT molecular complexity index is 1060. The van der Waals surface area contributed by atoms with Crippen molar-refractivity contribution in [3.05, 3.63) is 0 Å². The predicted molar refractivity (Wildman–Crippen MR) is 152 cm³/mol. The molecule has 1 unspecified atom stereocenters. The molecule has 1 atom stereocenters. The van der Waals surface area contributed by atoms with E-state index in [9.17, 15) is 24.3 Å². The minimum atomic E-state index is -1.000. The topological polar surface area (TPSA) is 126 Å². The molecule has 4 aliphatic heterocycles. The lowest BCUT2D eigenvalue weighted by atomic mass is 9.69. The van der Waals surface area contributed by atoms with Crippen LogP contribution in [0.15, 0.2) is 0 Å². The van der Waals surface area contributed by atoms with E-state index in [2.05, 4.69) is 82.9 Å². The van der Waals surface area contributed by atoms with Crippen molar-refractivity contribution in [2.24, 2.45) is 0 Å². The second-order valence-electron chi connectivity index (χ2n) is 15.3. The molecule has 40 heavy (non-hydrogen) atoms. The van der Waals surface area contributed by atoms with Crippen molar-refractivity contribution in [1.29, 1.82) is 0 Å². The van der Waals surface area contributed by atoms with Crippen LogP contribution < -0.4 is 10.6 Å². The fourth-order valence-electron chi connectivity index (χ4n) is 8.18. The van der Waals surface area contributed by atoms with Crippen LogP contribution in [0.5, 0.6) is 0 Å². The number of carbonyl (C=O) groups excluding carboxylic acids is 4. The molecule has 0 aromatic heterocycles. The summed E-state index contributed by atoms with van der Waals surface area (Å²) in [6.45, 7) is 16.7. The van der Waals surface area contributed by atoms with Gasteiger partial charge >= 0.3 is 12.1 Å². The molecule has 0 saturated carbocycles. The van der Waals surface area contributed by atoms with Crippen LogP contribution in [-0.4, -0.2) is 115 Å². The van der Waals surface area contributed by atoms with Crippen LogP contribution in [0.1, 0.15) is 93.9 Å². The first-order valence-corrected chi connectivity index (χ1v) is 14.5. The number of piperidine rings is 2. The maximum Gasteiger partial charge on any atom is 0.325 e. The number of aliphatic hydroxyl groups excluding tert-OH is 1. The van der Waals surface area contributed by atoms with Gasteiger partial charge in [-0.3, -0.25) is 29.2 Å². The average molecular weight is 563 g/mol. The van der Waals surface area contributed by atoms with E-state index < -0.39 is 29.2 Å². The molecule has 0 bridgehead atoms. The SMILES string of the molecule is CN1C(C)(C)CC2(CC1(C)C)NC(=O)N(CCCC(O)CN1C(=O)NC3(CC(C)(C)N(C)C(C)(C)C3)C1=O)C2=O. The number of imide groups is 2. The summed E-state index contributed by atoms with van der Waals surface area (Å²) in [6.07, 6.45) is 1.63. The van der Waals surface area contributed by atoms with Crippen molar-refractivity contribution in [2.75, 3.05) is 27.2 Å². The van der Waals surface area contributed by atoms with Crippen LogP contribution in [0.3, 0.4) is 0 Å². The van der Waals surface area contributed by atoms with Gasteiger partial charge in [-0.05, 0) is 108 Å².